The highest BCUT2D eigenvalue weighted by molar-refractivity contribution is 6.32. The molecule has 1 aliphatic carbocycles. The molecule has 154 valence electrons. The number of halogens is 5. The summed E-state index contributed by atoms with van der Waals surface area (Å²) < 4.78 is 59.3. The van der Waals surface area contributed by atoms with Gasteiger partial charge < -0.3 is 9.84 Å². The van der Waals surface area contributed by atoms with E-state index in [9.17, 15) is 32.3 Å². The van der Waals surface area contributed by atoms with E-state index >= 15 is 0 Å². The van der Waals surface area contributed by atoms with Gasteiger partial charge in [-0.2, -0.15) is 13.2 Å². The Hall–Kier alpha value is -2.85. The Balaban J connectivity index is 2.14. The van der Waals surface area contributed by atoms with E-state index in [0.717, 1.165) is 19.2 Å². The molecule has 1 aliphatic rings. The number of allylic oxidation sites excluding steroid dienone is 2. The van der Waals surface area contributed by atoms with Crippen molar-refractivity contribution in [1.29, 1.82) is 0 Å². The largest absolute Gasteiger partial charge is 0.482 e. The zero-order valence-electron chi connectivity index (χ0n) is 14.7. The monoisotopic (exact) mass is 432 g/mol. The smallest absolute Gasteiger partial charge is 0.431 e. The number of rotatable bonds is 3. The van der Waals surface area contributed by atoms with Crippen molar-refractivity contribution in [1.82, 2.24) is 9.13 Å². The highest BCUT2D eigenvalue weighted by atomic mass is 35.5. The van der Waals surface area contributed by atoms with E-state index in [-0.39, 0.29) is 26.0 Å². The number of aliphatic hydroxyl groups excluding tert-OH is 1. The summed E-state index contributed by atoms with van der Waals surface area (Å²) in [5, 5.41) is 9.67. The summed E-state index contributed by atoms with van der Waals surface area (Å²) in [6, 6.07) is 1.85. The van der Waals surface area contributed by atoms with Gasteiger partial charge in [0, 0.05) is 19.2 Å². The van der Waals surface area contributed by atoms with Gasteiger partial charge in [0.2, 0.25) is 0 Å². The first kappa shape index (κ1) is 20.9. The van der Waals surface area contributed by atoms with Crippen LogP contribution in [0.15, 0.2) is 52.1 Å². The Bertz CT molecular complexity index is 1130. The molecule has 0 aliphatic heterocycles. The van der Waals surface area contributed by atoms with E-state index in [2.05, 4.69) is 0 Å². The number of aromatic nitrogens is 2. The average Bonchev–Trinajstić information content (AvgIpc) is 2.62. The highest BCUT2D eigenvalue weighted by Gasteiger charge is 2.35. The van der Waals surface area contributed by atoms with Crippen LogP contribution in [0.25, 0.3) is 5.69 Å². The standard InChI is InChI=1S/C18H13ClF4N2O4/c1-24-15(18(21,22)23)8-16(27)25(17(24)28)11-7-14(9(19)6-10(11)20)29-13-5-3-2-4-12(13)26/h2-8,12-13,26H,1H3. The van der Waals surface area contributed by atoms with E-state index in [1.807, 2.05) is 0 Å². The van der Waals surface area contributed by atoms with Crippen LogP contribution in [0.1, 0.15) is 5.69 Å². The Morgan fingerprint density at radius 2 is 1.79 bits per heavy atom. The Labute approximate surface area is 165 Å². The molecule has 29 heavy (non-hydrogen) atoms. The number of hydrogen-bond donors (Lipinski definition) is 1. The maximum absolute atomic E-state index is 14.5. The maximum atomic E-state index is 14.5. The molecule has 0 fully saturated rings. The minimum atomic E-state index is -4.95. The van der Waals surface area contributed by atoms with Crippen molar-refractivity contribution in [2.45, 2.75) is 18.4 Å². The molecule has 2 aromatic rings. The van der Waals surface area contributed by atoms with Crippen LogP contribution in [-0.4, -0.2) is 26.4 Å². The molecule has 1 aromatic heterocycles. The van der Waals surface area contributed by atoms with Crippen LogP contribution < -0.4 is 16.0 Å². The third-order valence-electron chi connectivity index (χ3n) is 4.17. The lowest BCUT2D eigenvalue weighted by Gasteiger charge is -2.22. The van der Waals surface area contributed by atoms with Crippen LogP contribution in [0.4, 0.5) is 17.6 Å². The normalized spacial score (nSPS) is 18.9. The molecule has 0 saturated heterocycles. The van der Waals surface area contributed by atoms with Gasteiger partial charge in [-0.05, 0) is 12.1 Å². The summed E-state index contributed by atoms with van der Waals surface area (Å²) in [4.78, 5) is 24.6. The van der Waals surface area contributed by atoms with Crippen molar-refractivity contribution in [3.8, 4) is 11.4 Å². The lowest BCUT2D eigenvalue weighted by Crippen LogP contribution is -2.41. The predicted molar refractivity (Wildman–Crippen MR) is 96.0 cm³/mol. The maximum Gasteiger partial charge on any atom is 0.431 e. The van der Waals surface area contributed by atoms with Gasteiger partial charge in [0.15, 0.2) is 0 Å². The van der Waals surface area contributed by atoms with Crippen molar-refractivity contribution in [2.75, 3.05) is 0 Å². The van der Waals surface area contributed by atoms with Gasteiger partial charge in [-0.25, -0.2) is 13.8 Å². The minimum Gasteiger partial charge on any atom is -0.482 e. The third kappa shape index (κ3) is 3.99. The number of benzene rings is 1. The van der Waals surface area contributed by atoms with E-state index in [4.69, 9.17) is 16.3 Å². The third-order valence-corrected chi connectivity index (χ3v) is 4.47. The lowest BCUT2D eigenvalue weighted by atomic mass is 10.1. The molecule has 0 radical (unpaired) electrons. The second-order valence-corrected chi connectivity index (χ2v) is 6.53. The van der Waals surface area contributed by atoms with Gasteiger partial charge in [0.25, 0.3) is 5.56 Å². The van der Waals surface area contributed by atoms with Crippen molar-refractivity contribution in [3.63, 3.8) is 0 Å². The minimum absolute atomic E-state index is 0.180. The molecule has 1 N–H and O–H groups in total. The first-order valence-electron chi connectivity index (χ1n) is 8.10. The van der Waals surface area contributed by atoms with Gasteiger partial charge in [-0.1, -0.05) is 29.8 Å². The van der Waals surface area contributed by atoms with Crippen molar-refractivity contribution >= 4 is 11.6 Å². The zero-order chi connectivity index (χ0) is 21.5. The highest BCUT2D eigenvalue weighted by Crippen LogP contribution is 2.31. The number of nitrogens with zero attached hydrogens (tertiary/aromatic N) is 2. The fraction of sp³-hybridized carbons (Fsp3) is 0.222. The Morgan fingerprint density at radius 3 is 2.41 bits per heavy atom. The number of hydrogen-bond acceptors (Lipinski definition) is 4. The molecule has 6 nitrogen and oxygen atoms in total. The van der Waals surface area contributed by atoms with Gasteiger partial charge in [0.1, 0.15) is 29.5 Å². The quantitative estimate of drug-likeness (QED) is 0.757. The van der Waals surface area contributed by atoms with E-state index in [0.29, 0.717) is 0 Å². The summed E-state index contributed by atoms with van der Waals surface area (Å²) in [5.74, 6) is -1.30. The fourth-order valence-electron chi connectivity index (χ4n) is 2.73. The van der Waals surface area contributed by atoms with Crippen LogP contribution in [0, 0.1) is 5.82 Å². The molecule has 0 spiro atoms. The van der Waals surface area contributed by atoms with Crippen LogP contribution >= 0.6 is 11.6 Å². The molecule has 2 unspecified atom stereocenters. The number of aliphatic hydroxyl groups is 1. The Morgan fingerprint density at radius 1 is 1.14 bits per heavy atom. The molecule has 11 heteroatoms. The summed E-state index contributed by atoms with van der Waals surface area (Å²) in [5.41, 5.74) is -4.91. The second-order valence-electron chi connectivity index (χ2n) is 6.12. The zero-order valence-corrected chi connectivity index (χ0v) is 15.4. The first-order valence-corrected chi connectivity index (χ1v) is 8.48. The van der Waals surface area contributed by atoms with Crippen molar-refractivity contribution in [2.24, 2.45) is 7.05 Å². The van der Waals surface area contributed by atoms with Crippen LogP contribution in [0.3, 0.4) is 0 Å². The molecule has 1 aromatic carbocycles. The lowest BCUT2D eigenvalue weighted by molar-refractivity contribution is -0.144. The van der Waals surface area contributed by atoms with Gasteiger partial charge >= 0.3 is 11.9 Å². The Kier molecular flexibility index (Phi) is 5.42. The van der Waals surface area contributed by atoms with Gasteiger partial charge in [-0.15, -0.1) is 0 Å². The fourth-order valence-corrected chi connectivity index (χ4v) is 2.92. The summed E-state index contributed by atoms with van der Waals surface area (Å²) in [6.07, 6.45) is -0.781. The molecule has 2 atom stereocenters. The molecule has 1 heterocycles. The molecule has 0 saturated carbocycles. The van der Waals surface area contributed by atoms with Crippen LogP contribution in [0.5, 0.6) is 5.75 Å². The molecule has 3 rings (SSSR count). The predicted octanol–water partition coefficient (Wildman–Crippen LogP) is 2.58. The second kappa shape index (κ2) is 7.53. The molecular formula is C18H13ClF4N2O4. The SMILES string of the molecule is Cn1c(C(F)(F)F)cc(=O)n(-c2cc(OC3C=CC=CC3O)c(Cl)cc2F)c1=O. The number of ether oxygens (including phenoxy) is 1. The van der Waals surface area contributed by atoms with Gasteiger partial charge in [-0.3, -0.25) is 9.36 Å². The molecular weight excluding hydrogens is 420 g/mol. The molecule has 0 amide bonds. The molecule has 0 bridgehead atoms. The van der Waals surface area contributed by atoms with Crippen molar-refractivity contribution < 1.29 is 27.4 Å². The van der Waals surface area contributed by atoms with Crippen LogP contribution in [-0.2, 0) is 13.2 Å². The van der Waals surface area contributed by atoms with E-state index in [1.165, 1.54) is 12.2 Å². The van der Waals surface area contributed by atoms with Crippen LogP contribution in [0.2, 0.25) is 5.02 Å². The topological polar surface area (TPSA) is 73.5 Å². The van der Waals surface area contributed by atoms with Crippen molar-refractivity contribution in [3.05, 3.63) is 79.9 Å². The first-order chi connectivity index (χ1) is 13.5. The van der Waals surface area contributed by atoms with E-state index < -0.39 is 46.8 Å². The number of alkyl halides is 3. The summed E-state index contributed by atoms with van der Waals surface area (Å²) >= 11 is 5.94. The summed E-state index contributed by atoms with van der Waals surface area (Å²) in [6.45, 7) is 0. The average molecular weight is 433 g/mol. The van der Waals surface area contributed by atoms with Gasteiger partial charge in [0.05, 0.1) is 10.7 Å². The summed E-state index contributed by atoms with van der Waals surface area (Å²) in [7, 11) is 0.807. The van der Waals surface area contributed by atoms with E-state index in [1.54, 1.807) is 12.2 Å².